The number of aliphatic carboxylic acids is 1. The first-order valence-electron chi connectivity index (χ1n) is 2.78. The predicted octanol–water partition coefficient (Wildman–Crippen LogP) is -1.94. The van der Waals surface area contributed by atoms with Crippen LogP contribution in [0.4, 0.5) is 0 Å². The smallest absolute Gasteiger partial charge is 0.394 e. The molecule has 1 unspecified atom stereocenters. The molecule has 0 spiro atoms. The lowest BCUT2D eigenvalue weighted by molar-refractivity contribution is -0.150. The highest BCUT2D eigenvalue weighted by molar-refractivity contribution is 6.31. The second-order valence-electron chi connectivity index (χ2n) is 1.90. The molecule has 0 aliphatic carbocycles. The summed E-state index contributed by atoms with van der Waals surface area (Å²) in [5.41, 5.74) is 4.74. The quantitative estimate of drug-likeness (QED) is 0.408. The molecule has 6 heteroatoms. The van der Waals surface area contributed by atoms with E-state index in [9.17, 15) is 14.4 Å². The molecule has 0 aliphatic rings. The molecule has 0 heterocycles. The number of hydrogen-bond acceptors (Lipinski definition) is 3. The molecule has 0 aromatic rings. The minimum atomic E-state index is -1.64. The van der Waals surface area contributed by atoms with Crippen molar-refractivity contribution in [2.75, 3.05) is 0 Å². The van der Waals surface area contributed by atoms with Crippen LogP contribution in [0, 0.1) is 0 Å². The van der Waals surface area contributed by atoms with Crippen LogP contribution in [0.2, 0.25) is 0 Å². The van der Waals surface area contributed by atoms with Gasteiger partial charge in [-0.25, -0.2) is 4.79 Å². The summed E-state index contributed by atoms with van der Waals surface area (Å²) in [5, 5.41) is 9.91. The average Bonchev–Trinajstić information content (AvgIpc) is 1.87. The standard InChI is InChI=1S/C5H8N2O4/c1-2(3(6)8)7-4(9)5(10)11/h2H,1H3,(H2,6,8)(H,7,9)(H,10,11). The van der Waals surface area contributed by atoms with Gasteiger partial charge in [0.15, 0.2) is 0 Å². The molecule has 62 valence electrons. The second kappa shape index (κ2) is 3.55. The van der Waals surface area contributed by atoms with E-state index in [2.05, 4.69) is 0 Å². The van der Waals surface area contributed by atoms with Crippen LogP contribution in [0.1, 0.15) is 6.92 Å². The first-order chi connectivity index (χ1) is 4.95. The van der Waals surface area contributed by atoms with Crippen molar-refractivity contribution in [1.82, 2.24) is 5.32 Å². The van der Waals surface area contributed by atoms with Gasteiger partial charge < -0.3 is 16.2 Å². The molecule has 0 aromatic carbocycles. The first kappa shape index (κ1) is 9.41. The van der Waals surface area contributed by atoms with Crippen molar-refractivity contribution in [2.45, 2.75) is 13.0 Å². The van der Waals surface area contributed by atoms with Crippen molar-refractivity contribution in [3.63, 3.8) is 0 Å². The Morgan fingerprint density at radius 1 is 1.45 bits per heavy atom. The summed E-state index contributed by atoms with van der Waals surface area (Å²) in [6, 6.07) is -0.960. The molecule has 1 atom stereocenters. The summed E-state index contributed by atoms with van der Waals surface area (Å²) in [4.78, 5) is 30.5. The summed E-state index contributed by atoms with van der Waals surface area (Å²) in [7, 11) is 0. The zero-order valence-corrected chi connectivity index (χ0v) is 5.83. The van der Waals surface area contributed by atoms with Gasteiger partial charge in [-0.3, -0.25) is 9.59 Å². The number of amides is 2. The average molecular weight is 160 g/mol. The number of carboxylic acid groups (broad SMARTS) is 1. The monoisotopic (exact) mass is 160 g/mol. The number of hydrogen-bond donors (Lipinski definition) is 3. The van der Waals surface area contributed by atoms with Crippen LogP contribution in [0.3, 0.4) is 0 Å². The van der Waals surface area contributed by atoms with Gasteiger partial charge in [-0.2, -0.15) is 0 Å². The predicted molar refractivity (Wildman–Crippen MR) is 34.4 cm³/mol. The Hall–Kier alpha value is -1.59. The van der Waals surface area contributed by atoms with Gasteiger partial charge in [0.1, 0.15) is 6.04 Å². The minimum absolute atomic E-state index is 0.778. The van der Waals surface area contributed by atoms with E-state index in [1.165, 1.54) is 6.92 Å². The third-order valence-corrected chi connectivity index (χ3v) is 0.969. The van der Waals surface area contributed by atoms with Gasteiger partial charge >= 0.3 is 11.9 Å². The molecular formula is C5H8N2O4. The molecule has 0 aliphatic heterocycles. The van der Waals surface area contributed by atoms with Gasteiger partial charge in [0.25, 0.3) is 0 Å². The van der Waals surface area contributed by atoms with Crippen molar-refractivity contribution < 1.29 is 19.5 Å². The minimum Gasteiger partial charge on any atom is -0.474 e. The van der Waals surface area contributed by atoms with Gasteiger partial charge in [0.05, 0.1) is 0 Å². The molecule has 0 bridgehead atoms. The number of rotatable bonds is 2. The Labute approximate surface area is 62.4 Å². The lowest BCUT2D eigenvalue weighted by atomic mass is 10.3. The molecular weight excluding hydrogens is 152 g/mol. The van der Waals surface area contributed by atoms with E-state index in [1.54, 1.807) is 0 Å². The van der Waals surface area contributed by atoms with Crippen LogP contribution in [-0.2, 0) is 14.4 Å². The topological polar surface area (TPSA) is 109 Å². The van der Waals surface area contributed by atoms with Crippen LogP contribution < -0.4 is 11.1 Å². The van der Waals surface area contributed by atoms with Crippen molar-refractivity contribution >= 4 is 17.8 Å². The number of carboxylic acids is 1. The Bertz CT molecular complexity index is 201. The summed E-state index contributed by atoms with van der Waals surface area (Å²) in [5.74, 6) is -3.66. The fourth-order valence-corrected chi connectivity index (χ4v) is 0.330. The molecule has 4 N–H and O–H groups in total. The van der Waals surface area contributed by atoms with Crippen molar-refractivity contribution in [1.29, 1.82) is 0 Å². The molecule has 0 aromatic heterocycles. The number of carbonyl (C=O) groups is 3. The number of primary amides is 1. The third kappa shape index (κ3) is 3.19. The summed E-state index contributed by atoms with van der Waals surface area (Å²) in [6.07, 6.45) is 0. The molecule has 6 nitrogen and oxygen atoms in total. The normalized spacial score (nSPS) is 11.7. The molecule has 11 heavy (non-hydrogen) atoms. The van der Waals surface area contributed by atoms with E-state index in [-0.39, 0.29) is 0 Å². The van der Waals surface area contributed by atoms with E-state index in [4.69, 9.17) is 10.8 Å². The van der Waals surface area contributed by atoms with E-state index in [0.29, 0.717) is 0 Å². The zero-order chi connectivity index (χ0) is 9.02. The number of carbonyl (C=O) groups excluding carboxylic acids is 2. The van der Waals surface area contributed by atoms with Crippen molar-refractivity contribution in [2.24, 2.45) is 5.73 Å². The second-order valence-corrected chi connectivity index (χ2v) is 1.90. The maximum atomic E-state index is 10.3. The molecule has 0 rings (SSSR count). The molecule has 0 saturated carbocycles. The Morgan fingerprint density at radius 2 is 1.91 bits per heavy atom. The lowest BCUT2D eigenvalue weighted by Crippen LogP contribution is -2.44. The van der Waals surface area contributed by atoms with E-state index in [0.717, 1.165) is 0 Å². The maximum Gasteiger partial charge on any atom is 0.394 e. The SMILES string of the molecule is CC(NC(=O)C(=O)O)C(N)=O. The summed E-state index contributed by atoms with van der Waals surface area (Å²) in [6.45, 7) is 1.29. The van der Waals surface area contributed by atoms with Gasteiger partial charge in [-0.05, 0) is 6.92 Å². The Balaban J connectivity index is 3.95. The van der Waals surface area contributed by atoms with Crippen LogP contribution in [0.15, 0.2) is 0 Å². The summed E-state index contributed by atoms with van der Waals surface area (Å²) < 4.78 is 0. The first-order valence-corrected chi connectivity index (χ1v) is 2.78. The Kier molecular flexibility index (Phi) is 3.03. The van der Waals surface area contributed by atoms with Crippen LogP contribution >= 0.6 is 0 Å². The van der Waals surface area contributed by atoms with Crippen molar-refractivity contribution in [3.05, 3.63) is 0 Å². The van der Waals surface area contributed by atoms with Crippen molar-refractivity contribution in [3.8, 4) is 0 Å². The fraction of sp³-hybridized carbons (Fsp3) is 0.400. The highest BCUT2D eigenvalue weighted by Gasteiger charge is 2.16. The zero-order valence-electron chi connectivity index (χ0n) is 5.83. The van der Waals surface area contributed by atoms with E-state index < -0.39 is 23.8 Å². The van der Waals surface area contributed by atoms with Gasteiger partial charge in [0, 0.05) is 0 Å². The largest absolute Gasteiger partial charge is 0.474 e. The molecule has 0 saturated heterocycles. The molecule has 0 fully saturated rings. The van der Waals surface area contributed by atoms with E-state index in [1.807, 2.05) is 5.32 Å². The van der Waals surface area contributed by atoms with Crippen LogP contribution in [0.5, 0.6) is 0 Å². The fourth-order valence-electron chi connectivity index (χ4n) is 0.330. The third-order valence-electron chi connectivity index (χ3n) is 0.969. The van der Waals surface area contributed by atoms with Gasteiger partial charge in [-0.1, -0.05) is 0 Å². The van der Waals surface area contributed by atoms with Gasteiger partial charge in [0.2, 0.25) is 5.91 Å². The lowest BCUT2D eigenvalue weighted by Gasteiger charge is -2.06. The highest BCUT2D eigenvalue weighted by atomic mass is 16.4. The molecule has 0 radical (unpaired) electrons. The van der Waals surface area contributed by atoms with Crippen LogP contribution in [0.25, 0.3) is 0 Å². The number of nitrogens with one attached hydrogen (secondary N) is 1. The van der Waals surface area contributed by atoms with Gasteiger partial charge in [-0.15, -0.1) is 0 Å². The van der Waals surface area contributed by atoms with Crippen LogP contribution in [-0.4, -0.2) is 28.9 Å². The number of nitrogens with two attached hydrogens (primary N) is 1. The molecule has 2 amide bonds. The highest BCUT2D eigenvalue weighted by Crippen LogP contribution is 1.78. The Morgan fingerprint density at radius 3 is 2.18 bits per heavy atom. The summed E-state index contributed by atoms with van der Waals surface area (Å²) >= 11 is 0. The van der Waals surface area contributed by atoms with E-state index >= 15 is 0 Å². The maximum absolute atomic E-state index is 10.3.